The number of carbonyl (C=O) groups excluding carboxylic acids is 1. The third kappa shape index (κ3) is 4.30. The van der Waals surface area contributed by atoms with E-state index in [1.165, 1.54) is 0 Å². The van der Waals surface area contributed by atoms with E-state index < -0.39 is 0 Å². The van der Waals surface area contributed by atoms with E-state index in [1.807, 2.05) is 49.4 Å². The number of benzene rings is 2. The van der Waals surface area contributed by atoms with Gasteiger partial charge in [-0.15, -0.1) is 11.6 Å². The van der Waals surface area contributed by atoms with E-state index in [0.29, 0.717) is 36.8 Å². The molecule has 1 heterocycles. The van der Waals surface area contributed by atoms with Crippen molar-refractivity contribution < 1.29 is 9.53 Å². The highest BCUT2D eigenvalue weighted by molar-refractivity contribution is 6.18. The molecule has 1 aromatic heterocycles. The molecule has 2 N–H and O–H groups in total. The Balaban J connectivity index is 2.00. The molecule has 0 unspecified atom stereocenters. The molecule has 7 heteroatoms. The van der Waals surface area contributed by atoms with E-state index in [9.17, 15) is 10.1 Å². The predicted molar refractivity (Wildman–Crippen MR) is 117 cm³/mol. The van der Waals surface area contributed by atoms with Gasteiger partial charge in [-0.3, -0.25) is 0 Å². The molecular weight excluding hydrogens is 388 g/mol. The molecule has 0 saturated heterocycles. The van der Waals surface area contributed by atoms with Crippen molar-refractivity contribution in [2.75, 3.05) is 24.3 Å². The molecule has 0 radical (unpaired) electrons. The largest absolute Gasteiger partial charge is 0.494 e. The molecule has 0 aliphatic carbocycles. The molecule has 150 valence electrons. The number of ether oxygens (including phenoxy) is 1. The Bertz CT molecular complexity index is 1050. The number of nitrogens with zero attached hydrogens (tertiary/aromatic N) is 2. The summed E-state index contributed by atoms with van der Waals surface area (Å²) in [5.74, 6) is 1.14. The summed E-state index contributed by atoms with van der Waals surface area (Å²) in [6.45, 7) is 5.69. The third-order valence-electron chi connectivity index (χ3n) is 4.57. The standard InChI is InChI=1S/C22H23ClN4O2/c1-3-27-20-13-17(29-4-2)9-10-18(20)19(14-24)21(27)15-5-7-16(8-6-15)26-22(28)25-12-11-23/h5-10,13H,3-4,11-12H2,1-2H3,(H2,25,26,28). The minimum absolute atomic E-state index is 0.303. The Morgan fingerprint density at radius 3 is 2.59 bits per heavy atom. The van der Waals surface area contributed by atoms with Gasteiger partial charge in [-0.2, -0.15) is 5.26 Å². The van der Waals surface area contributed by atoms with Crippen molar-refractivity contribution in [2.24, 2.45) is 0 Å². The summed E-state index contributed by atoms with van der Waals surface area (Å²) in [5, 5.41) is 16.2. The molecule has 0 aliphatic rings. The molecule has 0 atom stereocenters. The first-order chi connectivity index (χ1) is 14.1. The monoisotopic (exact) mass is 410 g/mol. The number of carbonyl (C=O) groups is 1. The van der Waals surface area contributed by atoms with Crippen LogP contribution in [0.5, 0.6) is 5.75 Å². The number of hydrogen-bond acceptors (Lipinski definition) is 3. The summed E-state index contributed by atoms with van der Waals surface area (Å²) < 4.78 is 7.75. The zero-order valence-electron chi connectivity index (χ0n) is 16.5. The van der Waals surface area contributed by atoms with Crippen molar-refractivity contribution in [1.82, 2.24) is 9.88 Å². The second-order valence-electron chi connectivity index (χ2n) is 6.34. The second kappa shape index (κ2) is 9.35. The first-order valence-electron chi connectivity index (χ1n) is 9.53. The number of aryl methyl sites for hydroxylation is 1. The van der Waals surface area contributed by atoms with Gasteiger partial charge >= 0.3 is 6.03 Å². The maximum Gasteiger partial charge on any atom is 0.319 e. The van der Waals surface area contributed by atoms with Gasteiger partial charge in [0.15, 0.2) is 0 Å². The number of fused-ring (bicyclic) bond motifs is 1. The quantitative estimate of drug-likeness (QED) is 0.540. The molecule has 0 bridgehead atoms. The molecule has 2 amide bonds. The predicted octanol–water partition coefficient (Wildman–Crippen LogP) is 4.96. The molecule has 0 aliphatic heterocycles. The summed E-state index contributed by atoms with van der Waals surface area (Å²) in [4.78, 5) is 11.8. The molecule has 29 heavy (non-hydrogen) atoms. The maximum absolute atomic E-state index is 11.8. The van der Waals surface area contributed by atoms with Crippen LogP contribution >= 0.6 is 11.6 Å². The average Bonchev–Trinajstić information content (AvgIpc) is 3.05. The summed E-state index contributed by atoms with van der Waals surface area (Å²) in [6.07, 6.45) is 0. The Labute approximate surface area is 175 Å². The van der Waals surface area contributed by atoms with Crippen LogP contribution < -0.4 is 15.4 Å². The fraction of sp³-hybridized carbons (Fsp3) is 0.273. The number of anilines is 1. The maximum atomic E-state index is 11.8. The number of aromatic nitrogens is 1. The summed E-state index contributed by atoms with van der Waals surface area (Å²) in [5.41, 5.74) is 4.02. The van der Waals surface area contributed by atoms with Gasteiger partial charge in [0.25, 0.3) is 0 Å². The number of nitrogens with one attached hydrogen (secondary N) is 2. The Hall–Kier alpha value is -3.17. The van der Waals surface area contributed by atoms with Crippen LogP contribution in [0.1, 0.15) is 19.4 Å². The molecule has 3 aromatic rings. The van der Waals surface area contributed by atoms with Crippen LogP contribution in [0.3, 0.4) is 0 Å². The van der Waals surface area contributed by atoms with Crippen LogP contribution in [0.4, 0.5) is 10.5 Å². The van der Waals surface area contributed by atoms with Crippen molar-refractivity contribution >= 4 is 34.2 Å². The molecule has 0 fully saturated rings. The van der Waals surface area contributed by atoms with Crippen molar-refractivity contribution in [3.05, 3.63) is 48.0 Å². The summed E-state index contributed by atoms with van der Waals surface area (Å²) in [7, 11) is 0. The minimum atomic E-state index is -0.303. The number of hydrogen-bond donors (Lipinski definition) is 2. The fourth-order valence-corrected chi connectivity index (χ4v) is 3.47. The highest BCUT2D eigenvalue weighted by Crippen LogP contribution is 2.35. The van der Waals surface area contributed by atoms with E-state index in [-0.39, 0.29) is 6.03 Å². The van der Waals surface area contributed by atoms with Gasteiger partial charge in [0.2, 0.25) is 0 Å². The average molecular weight is 411 g/mol. The highest BCUT2D eigenvalue weighted by Gasteiger charge is 2.18. The number of urea groups is 1. The Morgan fingerprint density at radius 1 is 1.21 bits per heavy atom. The lowest BCUT2D eigenvalue weighted by molar-refractivity contribution is 0.252. The zero-order valence-corrected chi connectivity index (χ0v) is 17.2. The minimum Gasteiger partial charge on any atom is -0.494 e. The SMILES string of the molecule is CCOc1ccc2c(C#N)c(-c3ccc(NC(=O)NCCCl)cc3)n(CC)c2c1. The van der Waals surface area contributed by atoms with Crippen molar-refractivity contribution in [3.8, 4) is 23.1 Å². The van der Waals surface area contributed by atoms with E-state index in [4.69, 9.17) is 16.3 Å². The number of rotatable bonds is 7. The van der Waals surface area contributed by atoms with E-state index in [1.54, 1.807) is 0 Å². The number of amides is 2. The summed E-state index contributed by atoms with van der Waals surface area (Å²) >= 11 is 5.58. The topological polar surface area (TPSA) is 79.1 Å². The lowest BCUT2D eigenvalue weighted by atomic mass is 10.1. The van der Waals surface area contributed by atoms with Crippen LogP contribution in [0.2, 0.25) is 0 Å². The van der Waals surface area contributed by atoms with Crippen LogP contribution in [-0.2, 0) is 6.54 Å². The first-order valence-corrected chi connectivity index (χ1v) is 10.1. The van der Waals surface area contributed by atoms with Crippen molar-refractivity contribution in [1.29, 1.82) is 5.26 Å². The third-order valence-corrected chi connectivity index (χ3v) is 4.76. The Kier molecular flexibility index (Phi) is 6.63. The number of halogens is 1. The van der Waals surface area contributed by atoms with Gasteiger partial charge in [0.05, 0.1) is 23.4 Å². The lowest BCUT2D eigenvalue weighted by Gasteiger charge is -2.11. The van der Waals surface area contributed by atoms with Gasteiger partial charge in [-0.05, 0) is 43.7 Å². The molecular formula is C22H23ClN4O2. The normalized spacial score (nSPS) is 10.6. The Morgan fingerprint density at radius 2 is 1.97 bits per heavy atom. The van der Waals surface area contributed by atoms with E-state index in [0.717, 1.165) is 27.9 Å². The lowest BCUT2D eigenvalue weighted by Crippen LogP contribution is -2.30. The first kappa shape index (κ1) is 20.6. The second-order valence-corrected chi connectivity index (χ2v) is 6.72. The molecule has 2 aromatic carbocycles. The zero-order chi connectivity index (χ0) is 20.8. The summed E-state index contributed by atoms with van der Waals surface area (Å²) in [6, 6.07) is 15.3. The van der Waals surface area contributed by atoms with E-state index in [2.05, 4.69) is 28.2 Å². The van der Waals surface area contributed by atoms with Crippen LogP contribution in [0.15, 0.2) is 42.5 Å². The van der Waals surface area contributed by atoms with Gasteiger partial charge in [-0.1, -0.05) is 12.1 Å². The van der Waals surface area contributed by atoms with Crippen molar-refractivity contribution in [2.45, 2.75) is 20.4 Å². The molecule has 3 rings (SSSR count). The molecule has 0 spiro atoms. The molecule has 0 saturated carbocycles. The van der Waals surface area contributed by atoms with Gasteiger partial charge in [0.1, 0.15) is 11.8 Å². The van der Waals surface area contributed by atoms with Crippen LogP contribution in [0, 0.1) is 11.3 Å². The van der Waals surface area contributed by atoms with Crippen LogP contribution in [-0.4, -0.2) is 29.6 Å². The fourth-order valence-electron chi connectivity index (χ4n) is 3.37. The van der Waals surface area contributed by atoms with Crippen LogP contribution in [0.25, 0.3) is 22.2 Å². The van der Waals surface area contributed by atoms with Gasteiger partial charge < -0.3 is 19.9 Å². The molecule has 6 nitrogen and oxygen atoms in total. The highest BCUT2D eigenvalue weighted by atomic mass is 35.5. The van der Waals surface area contributed by atoms with Crippen molar-refractivity contribution in [3.63, 3.8) is 0 Å². The number of nitriles is 1. The van der Waals surface area contributed by atoms with Gasteiger partial charge in [-0.25, -0.2) is 4.79 Å². The number of alkyl halides is 1. The van der Waals surface area contributed by atoms with Gasteiger partial charge in [0, 0.05) is 36.1 Å². The smallest absolute Gasteiger partial charge is 0.319 e. The van der Waals surface area contributed by atoms with E-state index >= 15 is 0 Å².